The number of nitrogens with one attached hydrogen (secondary N) is 1. The van der Waals surface area contributed by atoms with E-state index in [1.54, 1.807) is 12.0 Å². The first-order valence-electron chi connectivity index (χ1n) is 13.8. The fourth-order valence-corrected chi connectivity index (χ4v) is 5.14. The standard InChI is InChI=1S/C29H50N2O7Si/c1-28(2,3)38-27(33)31-18-17-25(36-21-34-7)24(31)16-15-23(20-37-39(8,9)29(4,5)6)30-26(32)35-19-22-13-11-10-12-14-22/h10-14,23-25H,15-21H2,1-9H3,(H,30,32)/t23-,24-,25-/m0/s1. The fraction of sp³-hybridized carbons (Fsp3) is 0.724. The van der Waals surface area contributed by atoms with Crippen molar-refractivity contribution < 1.29 is 33.0 Å². The molecule has 1 aliphatic heterocycles. The summed E-state index contributed by atoms with van der Waals surface area (Å²) in [6.45, 7) is 17.7. The highest BCUT2D eigenvalue weighted by atomic mass is 28.4. The molecule has 0 saturated carbocycles. The molecular weight excluding hydrogens is 516 g/mol. The van der Waals surface area contributed by atoms with Gasteiger partial charge in [-0.2, -0.15) is 0 Å². The first kappa shape index (κ1) is 33.1. The second-order valence-corrected chi connectivity index (χ2v) is 17.5. The van der Waals surface area contributed by atoms with Crippen LogP contribution in [0.15, 0.2) is 30.3 Å². The molecule has 1 saturated heterocycles. The number of hydrogen-bond donors (Lipinski definition) is 1. The average molecular weight is 567 g/mol. The minimum atomic E-state index is -2.06. The third-order valence-corrected chi connectivity index (χ3v) is 11.8. The van der Waals surface area contributed by atoms with Crippen molar-refractivity contribution in [1.82, 2.24) is 10.2 Å². The molecular formula is C29H50N2O7Si. The number of amides is 2. The van der Waals surface area contributed by atoms with Gasteiger partial charge in [0.2, 0.25) is 0 Å². The van der Waals surface area contributed by atoms with Gasteiger partial charge in [0.1, 0.15) is 19.0 Å². The Balaban J connectivity index is 2.13. The van der Waals surface area contributed by atoms with Gasteiger partial charge in [0, 0.05) is 13.7 Å². The van der Waals surface area contributed by atoms with Crippen molar-refractivity contribution in [2.45, 2.75) is 109 Å². The summed E-state index contributed by atoms with van der Waals surface area (Å²) in [5, 5.41) is 3.04. The van der Waals surface area contributed by atoms with Crippen molar-refractivity contribution in [2.24, 2.45) is 0 Å². The van der Waals surface area contributed by atoms with Crippen molar-refractivity contribution in [3.05, 3.63) is 35.9 Å². The maximum absolute atomic E-state index is 13.0. The van der Waals surface area contributed by atoms with E-state index in [0.29, 0.717) is 32.4 Å². The minimum Gasteiger partial charge on any atom is -0.445 e. The molecule has 222 valence electrons. The summed E-state index contributed by atoms with van der Waals surface area (Å²) in [7, 11) is -0.479. The molecule has 1 aliphatic rings. The van der Waals surface area contributed by atoms with Crippen LogP contribution in [0.5, 0.6) is 0 Å². The zero-order valence-electron chi connectivity index (χ0n) is 25.4. The maximum atomic E-state index is 13.0. The first-order valence-corrected chi connectivity index (χ1v) is 16.7. The lowest BCUT2D eigenvalue weighted by atomic mass is 10.0. The van der Waals surface area contributed by atoms with Crippen molar-refractivity contribution in [1.29, 1.82) is 0 Å². The molecule has 1 N–H and O–H groups in total. The van der Waals surface area contributed by atoms with Crippen LogP contribution in [0.25, 0.3) is 0 Å². The molecule has 3 atom stereocenters. The molecule has 1 aromatic carbocycles. The largest absolute Gasteiger partial charge is 0.445 e. The number of alkyl carbamates (subject to hydrolysis) is 1. The SMILES string of the molecule is COCO[C@H]1CCN(C(=O)OC(C)(C)C)[C@H]1CC[C@@H](CO[Si](C)(C)C(C)(C)C)NC(=O)OCc1ccccc1. The Morgan fingerprint density at radius 3 is 2.36 bits per heavy atom. The lowest BCUT2D eigenvalue weighted by Crippen LogP contribution is -2.48. The van der Waals surface area contributed by atoms with E-state index in [1.807, 2.05) is 51.1 Å². The third kappa shape index (κ3) is 11.1. The second kappa shape index (κ2) is 14.5. The van der Waals surface area contributed by atoms with Gasteiger partial charge in [0.15, 0.2) is 8.32 Å². The molecule has 0 bridgehead atoms. The van der Waals surface area contributed by atoms with Crippen LogP contribution >= 0.6 is 0 Å². The Kier molecular flexibility index (Phi) is 12.3. The lowest BCUT2D eigenvalue weighted by Gasteiger charge is -2.37. The van der Waals surface area contributed by atoms with Crippen molar-refractivity contribution in [3.63, 3.8) is 0 Å². The highest BCUT2D eigenvalue weighted by molar-refractivity contribution is 6.74. The number of benzene rings is 1. The number of methoxy groups -OCH3 is 1. The molecule has 10 heteroatoms. The molecule has 9 nitrogen and oxygen atoms in total. The van der Waals surface area contributed by atoms with Gasteiger partial charge in [-0.05, 0) is 63.7 Å². The molecule has 2 rings (SSSR count). The van der Waals surface area contributed by atoms with Crippen LogP contribution in [0, 0.1) is 0 Å². The highest BCUT2D eigenvalue weighted by Gasteiger charge is 2.41. The van der Waals surface area contributed by atoms with E-state index in [9.17, 15) is 9.59 Å². The maximum Gasteiger partial charge on any atom is 0.410 e. The molecule has 1 aromatic rings. The van der Waals surface area contributed by atoms with Crippen LogP contribution in [0.3, 0.4) is 0 Å². The molecule has 0 unspecified atom stereocenters. The van der Waals surface area contributed by atoms with E-state index in [1.165, 1.54) is 0 Å². The quantitative estimate of drug-likeness (QED) is 0.242. The Labute approximate surface area is 236 Å². The molecule has 1 heterocycles. The average Bonchev–Trinajstić information content (AvgIpc) is 3.25. The molecule has 0 aliphatic carbocycles. The Morgan fingerprint density at radius 1 is 1.10 bits per heavy atom. The van der Waals surface area contributed by atoms with Gasteiger partial charge in [-0.3, -0.25) is 0 Å². The second-order valence-electron chi connectivity index (χ2n) is 12.7. The summed E-state index contributed by atoms with van der Waals surface area (Å²) in [5.41, 5.74) is 0.315. The topological polar surface area (TPSA) is 95.6 Å². The van der Waals surface area contributed by atoms with Gasteiger partial charge in [-0.25, -0.2) is 9.59 Å². The van der Waals surface area contributed by atoms with Crippen LogP contribution in [0.2, 0.25) is 18.1 Å². The van der Waals surface area contributed by atoms with E-state index in [2.05, 4.69) is 39.2 Å². The van der Waals surface area contributed by atoms with E-state index in [4.69, 9.17) is 23.4 Å². The highest BCUT2D eigenvalue weighted by Crippen LogP contribution is 2.37. The molecule has 2 amide bonds. The van der Waals surface area contributed by atoms with Gasteiger partial charge < -0.3 is 33.6 Å². The Morgan fingerprint density at radius 2 is 1.77 bits per heavy atom. The van der Waals surface area contributed by atoms with Gasteiger partial charge in [0.25, 0.3) is 0 Å². The number of hydrogen-bond acceptors (Lipinski definition) is 7. The summed E-state index contributed by atoms with van der Waals surface area (Å²) in [6, 6.07) is 9.05. The molecule has 0 radical (unpaired) electrons. The number of nitrogens with zero attached hydrogens (tertiary/aromatic N) is 1. The van der Waals surface area contributed by atoms with Crippen molar-refractivity contribution in [3.8, 4) is 0 Å². The predicted octanol–water partition coefficient (Wildman–Crippen LogP) is 6.08. The molecule has 0 spiro atoms. The summed E-state index contributed by atoms with van der Waals surface area (Å²) in [4.78, 5) is 27.5. The van der Waals surface area contributed by atoms with Gasteiger partial charge in [-0.15, -0.1) is 0 Å². The monoisotopic (exact) mass is 566 g/mol. The molecule has 0 aromatic heterocycles. The minimum absolute atomic E-state index is 0.0312. The smallest absolute Gasteiger partial charge is 0.410 e. The normalized spacial score (nSPS) is 19.1. The Hall–Kier alpha value is -2.14. The molecule has 1 fully saturated rings. The van der Waals surface area contributed by atoms with Gasteiger partial charge >= 0.3 is 12.2 Å². The van der Waals surface area contributed by atoms with Crippen LogP contribution < -0.4 is 5.32 Å². The van der Waals surface area contributed by atoms with Gasteiger partial charge in [0.05, 0.1) is 24.8 Å². The summed E-state index contributed by atoms with van der Waals surface area (Å²) in [5.74, 6) is 0. The molecule has 39 heavy (non-hydrogen) atoms. The summed E-state index contributed by atoms with van der Waals surface area (Å²) < 4.78 is 28.7. The van der Waals surface area contributed by atoms with Crippen LogP contribution in [-0.4, -0.2) is 76.2 Å². The van der Waals surface area contributed by atoms with E-state index >= 15 is 0 Å². The van der Waals surface area contributed by atoms with Crippen molar-refractivity contribution >= 4 is 20.5 Å². The van der Waals surface area contributed by atoms with E-state index < -0.39 is 20.0 Å². The number of ether oxygens (including phenoxy) is 4. The predicted molar refractivity (Wildman–Crippen MR) is 154 cm³/mol. The van der Waals surface area contributed by atoms with Crippen LogP contribution in [0.1, 0.15) is 66.4 Å². The number of carbonyl (C=O) groups is 2. The lowest BCUT2D eigenvalue weighted by molar-refractivity contribution is -0.0827. The first-order chi connectivity index (χ1) is 18.1. The Bertz CT molecular complexity index is 899. The number of carbonyl (C=O) groups excluding carboxylic acids is 2. The van der Waals surface area contributed by atoms with Crippen molar-refractivity contribution in [2.75, 3.05) is 27.1 Å². The van der Waals surface area contributed by atoms with E-state index in [0.717, 1.165) is 5.56 Å². The summed E-state index contributed by atoms with van der Waals surface area (Å²) >= 11 is 0. The van der Waals surface area contributed by atoms with E-state index in [-0.39, 0.29) is 42.7 Å². The fourth-order valence-electron chi connectivity index (χ4n) is 4.09. The summed E-state index contributed by atoms with van der Waals surface area (Å²) in [6.07, 6.45) is 0.810. The third-order valence-electron chi connectivity index (χ3n) is 7.31. The van der Waals surface area contributed by atoms with Crippen LogP contribution in [-0.2, 0) is 30.0 Å². The number of rotatable bonds is 12. The zero-order chi connectivity index (χ0) is 29.3. The van der Waals surface area contributed by atoms with Crippen LogP contribution in [0.4, 0.5) is 9.59 Å². The van der Waals surface area contributed by atoms with Gasteiger partial charge in [-0.1, -0.05) is 51.1 Å². The zero-order valence-corrected chi connectivity index (χ0v) is 26.4. The number of likely N-dealkylation sites (tertiary alicyclic amines) is 1.